The Morgan fingerprint density at radius 1 is 0.433 bits per heavy atom. The number of benzene rings is 3. The minimum absolute atomic E-state index is 0.163. The highest BCUT2D eigenvalue weighted by molar-refractivity contribution is 5.88. The van der Waals surface area contributed by atoms with Crippen molar-refractivity contribution in [2.45, 2.75) is 138 Å². The van der Waals surface area contributed by atoms with Gasteiger partial charge in [-0.15, -0.1) is 0 Å². The van der Waals surface area contributed by atoms with Crippen LogP contribution in [0.3, 0.4) is 0 Å². The Morgan fingerprint density at radius 2 is 0.667 bits per heavy atom. The van der Waals surface area contributed by atoms with Crippen LogP contribution < -0.4 is 16.9 Å². The van der Waals surface area contributed by atoms with E-state index < -0.39 is 17.9 Å². The summed E-state index contributed by atoms with van der Waals surface area (Å²) >= 11 is 0. The molecule has 0 saturated carbocycles. The molecular formula is C48H66N6O6. The molecule has 324 valence electrons. The van der Waals surface area contributed by atoms with Gasteiger partial charge >= 0.3 is 17.9 Å². The van der Waals surface area contributed by atoms with Crippen LogP contribution in [0.4, 0.5) is 17.1 Å². The summed E-state index contributed by atoms with van der Waals surface area (Å²) in [6, 6.07) is 19.7. The average molecular weight is 823 g/mol. The molecule has 4 aromatic rings. The van der Waals surface area contributed by atoms with Gasteiger partial charge in [0.1, 0.15) is 0 Å². The SMILES string of the molecule is CCCCC(CC)Cn1c(=Nc2ccc(C(=O)O)cc2)n(CC(CC)CCCC)c(=Nc2ccc(C(=O)O)cc2)n(CC(CC)CCCC)c1=Nc1ccc(C(=O)O)cc1. The number of rotatable bonds is 24. The van der Waals surface area contributed by atoms with Crippen LogP contribution in [0.25, 0.3) is 0 Å². The van der Waals surface area contributed by atoms with E-state index >= 15 is 0 Å². The summed E-state index contributed by atoms with van der Waals surface area (Å²) < 4.78 is 6.64. The highest BCUT2D eigenvalue weighted by Crippen LogP contribution is 2.20. The molecule has 4 rings (SSSR count). The molecule has 0 aliphatic carbocycles. The van der Waals surface area contributed by atoms with Crippen LogP contribution in [-0.4, -0.2) is 46.9 Å². The van der Waals surface area contributed by atoms with E-state index in [1.807, 2.05) is 0 Å². The van der Waals surface area contributed by atoms with Gasteiger partial charge < -0.3 is 15.3 Å². The fourth-order valence-electron chi connectivity index (χ4n) is 7.47. The molecule has 3 atom stereocenters. The molecule has 0 radical (unpaired) electrons. The van der Waals surface area contributed by atoms with Crippen LogP contribution >= 0.6 is 0 Å². The van der Waals surface area contributed by atoms with Gasteiger partial charge in [0.05, 0.1) is 33.8 Å². The van der Waals surface area contributed by atoms with Gasteiger partial charge in [0.2, 0.25) is 16.9 Å². The van der Waals surface area contributed by atoms with E-state index in [-0.39, 0.29) is 34.4 Å². The number of hydrogen-bond acceptors (Lipinski definition) is 6. The molecule has 12 nitrogen and oxygen atoms in total. The zero-order valence-electron chi connectivity index (χ0n) is 36.5. The van der Waals surface area contributed by atoms with Gasteiger partial charge in [-0.25, -0.2) is 29.4 Å². The molecule has 0 fully saturated rings. The maximum Gasteiger partial charge on any atom is 0.335 e. The number of hydrogen-bond donors (Lipinski definition) is 3. The van der Waals surface area contributed by atoms with E-state index in [4.69, 9.17) is 15.0 Å². The average Bonchev–Trinajstić information content (AvgIpc) is 3.25. The molecule has 3 aromatic carbocycles. The predicted molar refractivity (Wildman–Crippen MR) is 236 cm³/mol. The van der Waals surface area contributed by atoms with Gasteiger partial charge in [-0.05, 0) is 110 Å². The lowest BCUT2D eigenvalue weighted by Crippen LogP contribution is -2.57. The lowest BCUT2D eigenvalue weighted by atomic mass is 9.98. The van der Waals surface area contributed by atoms with Crippen LogP contribution in [0.5, 0.6) is 0 Å². The second kappa shape index (κ2) is 23.9. The predicted octanol–water partition coefficient (Wildman–Crippen LogP) is 10.5. The Balaban J connectivity index is 2.35. The molecule has 0 saturated heterocycles. The Kier molecular flexibility index (Phi) is 18.8. The van der Waals surface area contributed by atoms with E-state index in [9.17, 15) is 29.7 Å². The first-order valence-electron chi connectivity index (χ1n) is 22.0. The summed E-state index contributed by atoms with van der Waals surface area (Å²) in [6.07, 6.45) is 12.2. The number of nitrogens with zero attached hydrogens (tertiary/aromatic N) is 6. The number of carboxylic acids is 3. The maximum atomic E-state index is 11.9. The highest BCUT2D eigenvalue weighted by Gasteiger charge is 2.21. The zero-order valence-corrected chi connectivity index (χ0v) is 36.5. The summed E-state index contributed by atoms with van der Waals surface area (Å²) in [5.74, 6) is -2.23. The minimum atomic E-state index is -1.02. The van der Waals surface area contributed by atoms with Gasteiger partial charge in [0.15, 0.2) is 0 Å². The second-order valence-corrected chi connectivity index (χ2v) is 15.9. The molecule has 1 heterocycles. The van der Waals surface area contributed by atoms with Gasteiger partial charge in [0.25, 0.3) is 0 Å². The van der Waals surface area contributed by atoms with Crippen molar-refractivity contribution >= 4 is 35.0 Å². The lowest BCUT2D eigenvalue weighted by Gasteiger charge is -2.27. The van der Waals surface area contributed by atoms with Crippen LogP contribution in [0, 0.1) is 17.8 Å². The summed E-state index contributed by atoms with van der Waals surface area (Å²) in [4.78, 5) is 51.9. The van der Waals surface area contributed by atoms with Crippen molar-refractivity contribution in [1.29, 1.82) is 0 Å². The molecule has 0 aliphatic heterocycles. The van der Waals surface area contributed by atoms with Gasteiger partial charge in [-0.1, -0.05) is 99.3 Å². The van der Waals surface area contributed by atoms with Crippen LogP contribution in [-0.2, 0) is 19.6 Å². The van der Waals surface area contributed by atoms with Crippen LogP contribution in [0.1, 0.15) is 150 Å². The zero-order chi connectivity index (χ0) is 43.6. The molecule has 12 heteroatoms. The maximum absolute atomic E-state index is 11.9. The third-order valence-corrected chi connectivity index (χ3v) is 11.4. The minimum Gasteiger partial charge on any atom is -0.478 e. The van der Waals surface area contributed by atoms with Crippen molar-refractivity contribution in [2.24, 2.45) is 32.7 Å². The van der Waals surface area contributed by atoms with Crippen molar-refractivity contribution in [3.63, 3.8) is 0 Å². The van der Waals surface area contributed by atoms with Crippen LogP contribution in [0.2, 0.25) is 0 Å². The van der Waals surface area contributed by atoms with Crippen molar-refractivity contribution in [1.82, 2.24) is 13.7 Å². The smallest absolute Gasteiger partial charge is 0.335 e. The molecule has 0 spiro atoms. The summed E-state index contributed by atoms with van der Waals surface area (Å²) in [7, 11) is 0. The van der Waals surface area contributed by atoms with Gasteiger partial charge in [-0.3, -0.25) is 13.7 Å². The Bertz CT molecular complexity index is 1940. The summed E-state index contributed by atoms with van der Waals surface area (Å²) in [6.45, 7) is 15.0. The van der Waals surface area contributed by atoms with Crippen molar-refractivity contribution in [3.8, 4) is 0 Å². The number of aromatic nitrogens is 3. The van der Waals surface area contributed by atoms with Crippen LogP contribution in [0.15, 0.2) is 87.8 Å². The molecule has 3 unspecified atom stereocenters. The third kappa shape index (κ3) is 13.2. The van der Waals surface area contributed by atoms with Gasteiger partial charge in [0, 0.05) is 19.6 Å². The molecule has 0 aliphatic rings. The quantitative estimate of drug-likeness (QED) is 0.0637. The standard InChI is InChI=1S/C48H66N6O6/c1-7-13-16-34(10-4)31-52-46(49-40-25-19-37(20-26-40)43(55)56)53(32-35(11-5)17-14-8-2)48(51-42-29-23-39(24-30-42)45(59)60)54(33-36(12-6)18-15-9-3)47(52)50-41-27-21-38(22-28-41)44(57)58/h19-30,34-36H,7-18,31-33H2,1-6H3,(H,55,56)(H,57,58)(H,59,60). The lowest BCUT2D eigenvalue weighted by molar-refractivity contribution is 0.0686. The normalized spacial score (nSPS) is 12.7. The van der Waals surface area contributed by atoms with Crippen molar-refractivity contribution in [2.75, 3.05) is 0 Å². The van der Waals surface area contributed by atoms with E-state index in [1.54, 1.807) is 72.8 Å². The first kappa shape index (κ1) is 47.2. The summed E-state index contributed by atoms with van der Waals surface area (Å²) in [5.41, 5.74) is 4.05. The fraction of sp³-hybridized carbons (Fsp3) is 0.500. The summed E-state index contributed by atoms with van der Waals surface area (Å²) in [5, 5.41) is 29.2. The molecule has 0 amide bonds. The Labute approximate surface area is 354 Å². The number of unbranched alkanes of at least 4 members (excludes halogenated alkanes) is 3. The monoisotopic (exact) mass is 823 g/mol. The molecule has 3 N–H and O–H groups in total. The van der Waals surface area contributed by atoms with Crippen molar-refractivity contribution < 1.29 is 29.7 Å². The van der Waals surface area contributed by atoms with E-state index in [1.165, 1.54) is 0 Å². The Morgan fingerprint density at radius 3 is 0.850 bits per heavy atom. The Hall–Kier alpha value is -5.52. The number of aromatic carboxylic acids is 3. The largest absolute Gasteiger partial charge is 0.478 e. The first-order valence-corrected chi connectivity index (χ1v) is 22.0. The molecule has 60 heavy (non-hydrogen) atoms. The van der Waals surface area contributed by atoms with Crippen molar-refractivity contribution in [3.05, 3.63) is 106 Å². The van der Waals surface area contributed by atoms with E-state index in [2.05, 4.69) is 55.2 Å². The van der Waals surface area contributed by atoms with Gasteiger partial charge in [-0.2, -0.15) is 0 Å². The third-order valence-electron chi connectivity index (χ3n) is 11.4. The molecule has 1 aromatic heterocycles. The molecule has 0 bridgehead atoms. The fourth-order valence-corrected chi connectivity index (χ4v) is 7.47. The number of carbonyl (C=O) groups is 3. The second-order valence-electron chi connectivity index (χ2n) is 15.9. The topological polar surface area (TPSA) is 164 Å². The van der Waals surface area contributed by atoms with E-state index in [0.29, 0.717) is 53.6 Å². The molecular weight excluding hydrogens is 757 g/mol. The van der Waals surface area contributed by atoms with E-state index in [0.717, 1.165) is 77.0 Å². The highest BCUT2D eigenvalue weighted by atomic mass is 16.4. The number of carboxylic acid groups (broad SMARTS) is 3. The first-order chi connectivity index (χ1) is 29.0.